The van der Waals surface area contributed by atoms with E-state index in [1.807, 2.05) is 0 Å². The standard InChI is InChI=1S/C19H22O7/c1-9(7-10(2)17(20)21)5-6-12-14(18(22)23)15-13(8-26-19(15)24)11(3)16(12)25-4/h5,10H,6-8H2,1-4H3,(H,20,21)(H,22,23)/b9-5+/t10-/m0/s1. The van der Waals surface area contributed by atoms with Crippen LogP contribution in [0, 0.1) is 12.8 Å². The van der Waals surface area contributed by atoms with Crippen LogP contribution >= 0.6 is 0 Å². The monoisotopic (exact) mass is 362 g/mol. The number of ether oxygens (including phenoxy) is 2. The van der Waals surface area contributed by atoms with Gasteiger partial charge in [0.1, 0.15) is 12.4 Å². The Labute approximate surface area is 151 Å². The van der Waals surface area contributed by atoms with Crippen LogP contribution in [0.5, 0.6) is 5.75 Å². The van der Waals surface area contributed by atoms with Crippen molar-refractivity contribution in [3.63, 3.8) is 0 Å². The SMILES string of the molecule is COc1c(C)c2c(c(C(=O)O)c1C/C=C(\C)C[C@H](C)C(=O)O)C(=O)OC2. The molecule has 0 unspecified atom stereocenters. The van der Waals surface area contributed by atoms with Crippen molar-refractivity contribution in [3.8, 4) is 5.75 Å². The van der Waals surface area contributed by atoms with Crippen LogP contribution in [0.25, 0.3) is 0 Å². The molecule has 1 aromatic rings. The zero-order valence-electron chi connectivity index (χ0n) is 15.2. The molecule has 1 aromatic carbocycles. The van der Waals surface area contributed by atoms with Crippen LogP contribution in [0.2, 0.25) is 0 Å². The molecule has 0 radical (unpaired) electrons. The second-order valence-electron chi connectivity index (χ2n) is 6.44. The van der Waals surface area contributed by atoms with Crippen molar-refractivity contribution in [3.05, 3.63) is 39.5 Å². The van der Waals surface area contributed by atoms with E-state index < -0.39 is 23.8 Å². The number of carboxylic acid groups (broad SMARTS) is 2. The van der Waals surface area contributed by atoms with Gasteiger partial charge in [0.25, 0.3) is 0 Å². The number of allylic oxidation sites excluding steroid dienone is 2. The van der Waals surface area contributed by atoms with Crippen LogP contribution in [0.1, 0.15) is 57.7 Å². The highest BCUT2D eigenvalue weighted by Crippen LogP contribution is 2.38. The fraction of sp³-hybridized carbons (Fsp3) is 0.421. The summed E-state index contributed by atoms with van der Waals surface area (Å²) >= 11 is 0. The third-order valence-corrected chi connectivity index (χ3v) is 4.59. The van der Waals surface area contributed by atoms with Crippen LogP contribution in [0.3, 0.4) is 0 Å². The van der Waals surface area contributed by atoms with Gasteiger partial charge in [-0.15, -0.1) is 0 Å². The molecule has 7 heteroatoms. The maximum Gasteiger partial charge on any atom is 0.339 e. The van der Waals surface area contributed by atoms with Gasteiger partial charge in [-0.2, -0.15) is 0 Å². The summed E-state index contributed by atoms with van der Waals surface area (Å²) in [5, 5.41) is 18.7. The first-order valence-electron chi connectivity index (χ1n) is 8.20. The van der Waals surface area contributed by atoms with Crippen molar-refractivity contribution in [2.75, 3.05) is 7.11 Å². The van der Waals surface area contributed by atoms with E-state index >= 15 is 0 Å². The van der Waals surface area contributed by atoms with Crippen molar-refractivity contribution >= 4 is 17.9 Å². The summed E-state index contributed by atoms with van der Waals surface area (Å²) in [5.74, 6) is -2.89. The molecule has 0 spiro atoms. The van der Waals surface area contributed by atoms with E-state index in [-0.39, 0.29) is 24.2 Å². The summed E-state index contributed by atoms with van der Waals surface area (Å²) in [6.07, 6.45) is 2.34. The number of carbonyl (C=O) groups is 3. The Morgan fingerprint density at radius 2 is 2.00 bits per heavy atom. The fourth-order valence-electron chi connectivity index (χ4n) is 3.22. The lowest BCUT2D eigenvalue weighted by Crippen LogP contribution is -2.14. The van der Waals surface area contributed by atoms with Gasteiger partial charge in [0, 0.05) is 11.1 Å². The smallest absolute Gasteiger partial charge is 0.339 e. The molecule has 7 nitrogen and oxygen atoms in total. The topological polar surface area (TPSA) is 110 Å². The Bertz CT molecular complexity index is 805. The lowest BCUT2D eigenvalue weighted by molar-refractivity contribution is -0.141. The zero-order valence-corrected chi connectivity index (χ0v) is 15.2. The van der Waals surface area contributed by atoms with Gasteiger partial charge in [0.05, 0.1) is 24.2 Å². The first-order valence-corrected chi connectivity index (χ1v) is 8.20. The fourth-order valence-corrected chi connectivity index (χ4v) is 3.22. The van der Waals surface area contributed by atoms with E-state index in [0.717, 1.165) is 5.57 Å². The number of benzene rings is 1. The van der Waals surface area contributed by atoms with E-state index in [1.165, 1.54) is 7.11 Å². The molecule has 0 saturated heterocycles. The van der Waals surface area contributed by atoms with Crippen LogP contribution in [-0.4, -0.2) is 35.2 Å². The molecule has 1 heterocycles. The first kappa shape index (κ1) is 19.5. The summed E-state index contributed by atoms with van der Waals surface area (Å²) in [7, 11) is 1.45. The van der Waals surface area contributed by atoms with Crippen molar-refractivity contribution in [2.24, 2.45) is 5.92 Å². The zero-order chi connectivity index (χ0) is 19.6. The van der Waals surface area contributed by atoms with E-state index in [0.29, 0.717) is 28.9 Å². The molecule has 2 rings (SSSR count). The minimum absolute atomic E-state index is 0.0297. The van der Waals surface area contributed by atoms with Crippen LogP contribution < -0.4 is 4.74 Å². The molecule has 0 fully saturated rings. The van der Waals surface area contributed by atoms with Crippen LogP contribution in [0.4, 0.5) is 0 Å². The second kappa shape index (κ2) is 7.59. The van der Waals surface area contributed by atoms with Crippen LogP contribution in [0.15, 0.2) is 11.6 Å². The lowest BCUT2D eigenvalue weighted by Gasteiger charge is -2.17. The number of methoxy groups -OCH3 is 1. The van der Waals surface area contributed by atoms with Crippen LogP contribution in [-0.2, 0) is 22.6 Å². The average molecular weight is 362 g/mol. The Morgan fingerprint density at radius 3 is 2.54 bits per heavy atom. The Hall–Kier alpha value is -2.83. The predicted molar refractivity (Wildman–Crippen MR) is 92.7 cm³/mol. The molecule has 1 aliphatic rings. The minimum Gasteiger partial charge on any atom is -0.496 e. The second-order valence-corrected chi connectivity index (χ2v) is 6.44. The summed E-state index contributed by atoms with van der Waals surface area (Å²) in [4.78, 5) is 34.9. The third-order valence-electron chi connectivity index (χ3n) is 4.59. The largest absolute Gasteiger partial charge is 0.496 e. The number of esters is 1. The Balaban J connectivity index is 2.52. The van der Waals surface area contributed by atoms with Gasteiger partial charge in [0.2, 0.25) is 0 Å². The van der Waals surface area contributed by atoms with E-state index in [1.54, 1.807) is 26.8 Å². The summed E-state index contributed by atoms with van der Waals surface area (Å²) in [6, 6.07) is 0. The molecule has 0 aliphatic carbocycles. The summed E-state index contributed by atoms with van der Waals surface area (Å²) < 4.78 is 10.4. The Kier molecular flexibility index (Phi) is 5.69. The third kappa shape index (κ3) is 3.56. The number of fused-ring (bicyclic) bond motifs is 1. The normalized spacial score (nSPS) is 14.6. The number of rotatable bonds is 7. The van der Waals surface area contributed by atoms with Gasteiger partial charge in [-0.3, -0.25) is 4.79 Å². The highest BCUT2D eigenvalue weighted by molar-refractivity contribution is 6.07. The van der Waals surface area contributed by atoms with Gasteiger partial charge in [-0.25, -0.2) is 9.59 Å². The number of cyclic esters (lactones) is 1. The number of aliphatic carboxylic acids is 1. The molecular formula is C19H22O7. The number of aromatic carboxylic acids is 1. The number of hydrogen-bond acceptors (Lipinski definition) is 5. The molecule has 26 heavy (non-hydrogen) atoms. The molecule has 1 atom stereocenters. The van der Waals surface area contributed by atoms with E-state index in [9.17, 15) is 19.5 Å². The minimum atomic E-state index is -1.22. The van der Waals surface area contributed by atoms with Gasteiger partial charge in [-0.05, 0) is 32.3 Å². The quantitative estimate of drug-likeness (QED) is 0.567. The summed E-state index contributed by atoms with van der Waals surface area (Å²) in [6.45, 7) is 5.19. The highest BCUT2D eigenvalue weighted by Gasteiger charge is 2.34. The number of hydrogen-bond donors (Lipinski definition) is 2. The van der Waals surface area contributed by atoms with Gasteiger partial charge >= 0.3 is 17.9 Å². The molecule has 0 bridgehead atoms. The molecule has 140 valence electrons. The Morgan fingerprint density at radius 1 is 1.35 bits per heavy atom. The van der Waals surface area contributed by atoms with Gasteiger partial charge in [0.15, 0.2) is 0 Å². The van der Waals surface area contributed by atoms with Gasteiger partial charge < -0.3 is 19.7 Å². The lowest BCUT2D eigenvalue weighted by atomic mass is 9.89. The van der Waals surface area contributed by atoms with Crippen molar-refractivity contribution in [1.82, 2.24) is 0 Å². The average Bonchev–Trinajstić information content (AvgIpc) is 2.94. The molecule has 0 amide bonds. The van der Waals surface area contributed by atoms with Crippen molar-refractivity contribution in [2.45, 2.75) is 40.2 Å². The molecule has 1 aliphatic heterocycles. The molecular weight excluding hydrogens is 340 g/mol. The molecule has 0 aromatic heterocycles. The number of carboxylic acids is 2. The van der Waals surface area contributed by atoms with E-state index in [4.69, 9.17) is 14.6 Å². The maximum absolute atomic E-state index is 12.0. The summed E-state index contributed by atoms with van der Waals surface area (Å²) in [5.41, 5.74) is 2.39. The maximum atomic E-state index is 12.0. The van der Waals surface area contributed by atoms with E-state index in [2.05, 4.69) is 0 Å². The van der Waals surface area contributed by atoms with Gasteiger partial charge in [-0.1, -0.05) is 18.6 Å². The molecule has 0 saturated carbocycles. The predicted octanol–water partition coefficient (Wildman–Crippen LogP) is 2.97. The van der Waals surface area contributed by atoms with Crippen molar-refractivity contribution < 1.29 is 34.1 Å². The van der Waals surface area contributed by atoms with Crippen molar-refractivity contribution in [1.29, 1.82) is 0 Å². The molecule has 2 N–H and O–H groups in total. The highest BCUT2D eigenvalue weighted by atomic mass is 16.5. The first-order chi connectivity index (χ1) is 12.2. The number of carbonyl (C=O) groups excluding carboxylic acids is 1.